The van der Waals surface area contributed by atoms with Gasteiger partial charge in [-0.05, 0) is 43.7 Å². The fraction of sp³-hybridized carbons (Fsp3) is 0.650. The molecule has 148 valence electrons. The van der Waals surface area contributed by atoms with Crippen LogP contribution < -0.4 is 10.9 Å². The molecule has 0 unspecified atom stereocenters. The summed E-state index contributed by atoms with van der Waals surface area (Å²) in [6.45, 7) is 7.95. The average Bonchev–Trinajstić information content (AvgIpc) is 3.00. The van der Waals surface area contributed by atoms with Crippen molar-refractivity contribution in [1.29, 1.82) is 0 Å². The highest BCUT2D eigenvalue weighted by Gasteiger charge is 2.39. The molecule has 0 spiro atoms. The zero-order valence-corrected chi connectivity index (χ0v) is 16.7. The minimum atomic E-state index is -0.696. The van der Waals surface area contributed by atoms with Crippen molar-refractivity contribution in [2.45, 2.75) is 83.9 Å². The van der Waals surface area contributed by atoms with Crippen molar-refractivity contribution in [2.75, 3.05) is 0 Å². The Morgan fingerprint density at radius 3 is 2.74 bits per heavy atom. The maximum absolute atomic E-state index is 12.9. The van der Waals surface area contributed by atoms with Crippen LogP contribution in [0.15, 0.2) is 17.1 Å². The lowest BCUT2D eigenvalue weighted by molar-refractivity contribution is -0.125. The van der Waals surface area contributed by atoms with Crippen molar-refractivity contribution < 1.29 is 9.90 Å². The minimum Gasteiger partial charge on any atom is -0.390 e. The van der Waals surface area contributed by atoms with Gasteiger partial charge in [-0.2, -0.15) is 5.10 Å². The summed E-state index contributed by atoms with van der Waals surface area (Å²) in [5.74, 6) is 0.871. The van der Waals surface area contributed by atoms with Gasteiger partial charge in [0.25, 0.3) is 5.56 Å². The fourth-order valence-corrected chi connectivity index (χ4v) is 3.67. The van der Waals surface area contributed by atoms with E-state index in [1.807, 2.05) is 16.7 Å². The van der Waals surface area contributed by atoms with E-state index in [0.717, 1.165) is 30.7 Å². The van der Waals surface area contributed by atoms with Crippen LogP contribution in [0.3, 0.4) is 0 Å². The van der Waals surface area contributed by atoms with Crippen LogP contribution in [0.2, 0.25) is 0 Å². The second-order valence-electron chi connectivity index (χ2n) is 8.34. The van der Waals surface area contributed by atoms with Crippen LogP contribution in [0.5, 0.6) is 0 Å². The smallest absolute Gasteiger partial charge is 0.291 e. The number of unbranched alkanes of at least 4 members (excludes halogenated alkanes) is 1. The number of fused-ring (bicyclic) bond motifs is 1. The first kappa shape index (κ1) is 19.6. The third-order valence-corrected chi connectivity index (χ3v) is 5.26. The number of hydrogen-bond acceptors (Lipinski definition) is 4. The Morgan fingerprint density at radius 1 is 1.44 bits per heavy atom. The summed E-state index contributed by atoms with van der Waals surface area (Å²) in [7, 11) is 0. The minimum absolute atomic E-state index is 0.0349. The van der Waals surface area contributed by atoms with Gasteiger partial charge in [0.15, 0.2) is 0 Å². The van der Waals surface area contributed by atoms with Crippen LogP contribution in [0.1, 0.15) is 70.7 Å². The molecule has 0 aromatic carbocycles. The second-order valence-corrected chi connectivity index (χ2v) is 8.34. The van der Waals surface area contributed by atoms with Crippen molar-refractivity contribution >= 4 is 11.4 Å². The van der Waals surface area contributed by atoms with Crippen LogP contribution >= 0.6 is 0 Å². The molecule has 0 atom stereocenters. The summed E-state index contributed by atoms with van der Waals surface area (Å²) in [6.07, 6.45) is 5.82. The number of aromatic nitrogens is 3. The van der Waals surface area contributed by atoms with E-state index >= 15 is 0 Å². The molecule has 2 N–H and O–H groups in total. The Labute approximate surface area is 159 Å². The number of nitrogens with one attached hydrogen (secondary N) is 1. The molecule has 1 fully saturated rings. The maximum Gasteiger partial charge on any atom is 0.291 e. The molecule has 1 amide bonds. The van der Waals surface area contributed by atoms with Crippen LogP contribution in [-0.2, 0) is 17.8 Å². The Balaban J connectivity index is 1.86. The molecule has 2 aromatic rings. The SMILES string of the molecule is CCCCc1nn(CC(=O)N[C@H]2C[C@@](C)(O)C2)c(=O)c2cc(C(C)C)cn12. The summed E-state index contributed by atoms with van der Waals surface area (Å²) < 4.78 is 3.15. The predicted molar refractivity (Wildman–Crippen MR) is 104 cm³/mol. The van der Waals surface area contributed by atoms with E-state index in [0.29, 0.717) is 24.3 Å². The van der Waals surface area contributed by atoms with E-state index in [-0.39, 0.29) is 24.1 Å². The third kappa shape index (κ3) is 4.24. The van der Waals surface area contributed by atoms with E-state index in [9.17, 15) is 14.7 Å². The van der Waals surface area contributed by atoms with Crippen molar-refractivity contribution in [3.63, 3.8) is 0 Å². The van der Waals surface area contributed by atoms with Gasteiger partial charge in [-0.3, -0.25) is 14.0 Å². The molecule has 1 saturated carbocycles. The van der Waals surface area contributed by atoms with Gasteiger partial charge < -0.3 is 10.4 Å². The Kier molecular flexibility index (Phi) is 5.42. The summed E-state index contributed by atoms with van der Waals surface area (Å²) in [5, 5.41) is 17.2. The molecule has 0 radical (unpaired) electrons. The number of rotatable bonds is 7. The quantitative estimate of drug-likeness (QED) is 0.776. The van der Waals surface area contributed by atoms with Gasteiger partial charge in [0.1, 0.15) is 17.9 Å². The number of amides is 1. The summed E-state index contributed by atoms with van der Waals surface area (Å²) in [4.78, 5) is 25.2. The van der Waals surface area contributed by atoms with Gasteiger partial charge in [-0.1, -0.05) is 27.2 Å². The topological polar surface area (TPSA) is 88.6 Å². The molecular weight excluding hydrogens is 344 g/mol. The van der Waals surface area contributed by atoms with Crippen LogP contribution in [0, 0.1) is 0 Å². The summed E-state index contributed by atoms with van der Waals surface area (Å²) in [6, 6.07) is 1.87. The Hall–Kier alpha value is -2.15. The van der Waals surface area contributed by atoms with Gasteiger partial charge in [-0.25, -0.2) is 4.68 Å². The third-order valence-electron chi connectivity index (χ3n) is 5.26. The molecule has 3 rings (SSSR count). The lowest BCUT2D eigenvalue weighted by Gasteiger charge is -2.41. The van der Waals surface area contributed by atoms with Crippen molar-refractivity contribution in [3.05, 3.63) is 34.0 Å². The molecule has 0 saturated heterocycles. The highest BCUT2D eigenvalue weighted by Crippen LogP contribution is 2.31. The maximum atomic E-state index is 12.9. The van der Waals surface area contributed by atoms with Crippen molar-refractivity contribution in [2.24, 2.45) is 0 Å². The standard InChI is InChI=1S/C20H30N4O3/c1-5-6-7-17-22-24(12-18(25)21-15-9-20(4,27)10-15)19(26)16-8-14(13(2)3)11-23(16)17/h8,11,13,15,27H,5-7,9-10,12H2,1-4H3,(H,21,25)/t15-,20+. The molecule has 2 heterocycles. The van der Waals surface area contributed by atoms with Crippen LogP contribution in [0.4, 0.5) is 0 Å². The van der Waals surface area contributed by atoms with Gasteiger partial charge >= 0.3 is 0 Å². The molecule has 1 aliphatic rings. The van der Waals surface area contributed by atoms with Crippen LogP contribution in [-0.4, -0.2) is 36.8 Å². The van der Waals surface area contributed by atoms with E-state index in [1.54, 1.807) is 6.92 Å². The molecule has 1 aliphatic carbocycles. The Bertz CT molecular complexity index is 886. The largest absolute Gasteiger partial charge is 0.390 e. The average molecular weight is 374 g/mol. The Morgan fingerprint density at radius 2 is 2.15 bits per heavy atom. The number of nitrogens with zero attached hydrogens (tertiary/aromatic N) is 3. The number of aliphatic hydroxyl groups is 1. The highest BCUT2D eigenvalue weighted by atomic mass is 16.3. The molecule has 27 heavy (non-hydrogen) atoms. The number of aryl methyl sites for hydroxylation is 1. The molecule has 0 aliphatic heterocycles. The van der Waals surface area contributed by atoms with Crippen LogP contribution in [0.25, 0.3) is 5.52 Å². The van der Waals surface area contributed by atoms with Gasteiger partial charge in [-0.15, -0.1) is 0 Å². The van der Waals surface area contributed by atoms with Crippen molar-refractivity contribution in [3.8, 4) is 0 Å². The lowest BCUT2D eigenvalue weighted by atomic mass is 9.77. The van der Waals surface area contributed by atoms with Crippen molar-refractivity contribution in [1.82, 2.24) is 19.5 Å². The predicted octanol–water partition coefficient (Wildman–Crippen LogP) is 1.99. The summed E-state index contributed by atoms with van der Waals surface area (Å²) in [5.41, 5.74) is 0.709. The first-order valence-electron chi connectivity index (χ1n) is 9.84. The molecular formula is C20H30N4O3. The number of carbonyl (C=O) groups excluding carboxylic acids is 1. The monoisotopic (exact) mass is 374 g/mol. The zero-order chi connectivity index (χ0) is 19.8. The molecule has 0 bridgehead atoms. The highest BCUT2D eigenvalue weighted by molar-refractivity contribution is 5.76. The molecule has 2 aromatic heterocycles. The number of carbonyl (C=O) groups is 1. The summed E-state index contributed by atoms with van der Waals surface area (Å²) >= 11 is 0. The van der Waals surface area contributed by atoms with E-state index in [1.165, 1.54) is 4.68 Å². The fourth-order valence-electron chi connectivity index (χ4n) is 3.67. The molecule has 7 heteroatoms. The number of hydrogen-bond donors (Lipinski definition) is 2. The zero-order valence-electron chi connectivity index (χ0n) is 16.7. The first-order valence-corrected chi connectivity index (χ1v) is 9.84. The normalized spacial score (nSPS) is 22.2. The molecule has 7 nitrogen and oxygen atoms in total. The first-order chi connectivity index (χ1) is 12.7. The van der Waals surface area contributed by atoms with Gasteiger partial charge in [0.05, 0.1) is 5.60 Å². The van der Waals surface area contributed by atoms with Gasteiger partial charge in [0, 0.05) is 18.7 Å². The van der Waals surface area contributed by atoms with E-state index in [2.05, 4.69) is 31.2 Å². The second kappa shape index (κ2) is 7.46. The van der Waals surface area contributed by atoms with Gasteiger partial charge in [0.2, 0.25) is 5.91 Å². The van der Waals surface area contributed by atoms with E-state index in [4.69, 9.17) is 0 Å². The lowest BCUT2D eigenvalue weighted by Crippen LogP contribution is -2.54. The van der Waals surface area contributed by atoms with E-state index < -0.39 is 5.60 Å².